The van der Waals surface area contributed by atoms with E-state index in [1.807, 2.05) is 0 Å². The number of nitrogens with zero attached hydrogens (tertiary/aromatic N) is 1. The fourth-order valence-corrected chi connectivity index (χ4v) is 2.37. The lowest BCUT2D eigenvalue weighted by Crippen LogP contribution is -2.20. The van der Waals surface area contributed by atoms with Crippen LogP contribution < -0.4 is 10.1 Å². The maximum absolute atomic E-state index is 13.6. The molecule has 1 amide bonds. The number of nitrogens with one attached hydrogen (secondary N) is 1. The molecule has 0 aliphatic rings. The smallest absolute Gasteiger partial charge is 0.331 e. The molecule has 8 nitrogen and oxygen atoms in total. The Morgan fingerprint density at radius 3 is 2.52 bits per heavy atom. The zero-order valence-corrected chi connectivity index (χ0v) is 16.0. The lowest BCUT2D eigenvalue weighted by atomic mass is 10.1. The van der Waals surface area contributed by atoms with Gasteiger partial charge < -0.3 is 14.8 Å². The molecule has 0 saturated carbocycles. The molecule has 0 aromatic heterocycles. The maximum Gasteiger partial charge on any atom is 0.331 e. The van der Waals surface area contributed by atoms with Gasteiger partial charge in [0.15, 0.2) is 18.2 Å². The number of hydrogen-bond donors (Lipinski definition) is 1. The number of esters is 1. The summed E-state index contributed by atoms with van der Waals surface area (Å²) in [5.41, 5.74) is 1.63. The molecule has 152 valence electrons. The highest BCUT2D eigenvalue weighted by Crippen LogP contribution is 2.27. The zero-order chi connectivity index (χ0) is 21.6. The Morgan fingerprint density at radius 1 is 1.21 bits per heavy atom. The van der Waals surface area contributed by atoms with Crippen molar-refractivity contribution >= 4 is 29.3 Å². The first-order valence-corrected chi connectivity index (χ1v) is 8.45. The van der Waals surface area contributed by atoms with E-state index < -0.39 is 29.2 Å². The van der Waals surface area contributed by atoms with Crippen molar-refractivity contribution in [2.24, 2.45) is 0 Å². The number of halogens is 1. The molecule has 0 aliphatic carbocycles. The highest BCUT2D eigenvalue weighted by Gasteiger charge is 2.18. The summed E-state index contributed by atoms with van der Waals surface area (Å²) in [6, 6.07) is 6.95. The molecule has 0 bridgehead atoms. The Balaban J connectivity index is 1.95. The molecule has 2 aromatic rings. The van der Waals surface area contributed by atoms with E-state index in [2.05, 4.69) is 5.32 Å². The summed E-state index contributed by atoms with van der Waals surface area (Å²) in [4.78, 5) is 34.3. The summed E-state index contributed by atoms with van der Waals surface area (Å²) >= 11 is 0. The number of nitro benzene ring substituents is 1. The van der Waals surface area contributed by atoms with Crippen LogP contribution in [0.4, 0.5) is 15.8 Å². The van der Waals surface area contributed by atoms with Gasteiger partial charge in [-0.25, -0.2) is 9.18 Å². The fourth-order valence-electron chi connectivity index (χ4n) is 2.37. The van der Waals surface area contributed by atoms with Gasteiger partial charge >= 0.3 is 5.97 Å². The molecule has 1 N–H and O–H groups in total. The van der Waals surface area contributed by atoms with E-state index in [-0.39, 0.29) is 17.1 Å². The lowest BCUT2D eigenvalue weighted by Gasteiger charge is -2.09. The number of carbonyl (C=O) groups is 2. The van der Waals surface area contributed by atoms with E-state index in [1.54, 1.807) is 13.8 Å². The second-order valence-corrected chi connectivity index (χ2v) is 6.09. The number of ether oxygens (including phenoxy) is 2. The number of amides is 1. The monoisotopic (exact) mass is 402 g/mol. The van der Waals surface area contributed by atoms with E-state index in [0.717, 1.165) is 11.6 Å². The quantitative estimate of drug-likeness (QED) is 0.328. The molecule has 0 saturated heterocycles. The molecule has 2 aromatic carbocycles. The van der Waals surface area contributed by atoms with Crippen LogP contribution >= 0.6 is 0 Å². The van der Waals surface area contributed by atoms with E-state index >= 15 is 0 Å². The van der Waals surface area contributed by atoms with Gasteiger partial charge in [0, 0.05) is 12.1 Å². The third kappa shape index (κ3) is 5.86. The minimum Gasteiger partial charge on any atom is -0.494 e. The largest absolute Gasteiger partial charge is 0.494 e. The third-order valence-corrected chi connectivity index (χ3v) is 4.02. The van der Waals surface area contributed by atoms with Gasteiger partial charge in [0.25, 0.3) is 11.6 Å². The average Bonchev–Trinajstić information content (AvgIpc) is 2.67. The van der Waals surface area contributed by atoms with Crippen molar-refractivity contribution in [1.82, 2.24) is 0 Å². The molecule has 0 atom stereocenters. The minimum absolute atomic E-state index is 0.0170. The van der Waals surface area contributed by atoms with Crippen LogP contribution in [0.2, 0.25) is 0 Å². The molecule has 29 heavy (non-hydrogen) atoms. The van der Waals surface area contributed by atoms with E-state index in [0.29, 0.717) is 11.1 Å². The Labute approximate surface area is 166 Å². The first kappa shape index (κ1) is 21.5. The van der Waals surface area contributed by atoms with Crippen molar-refractivity contribution in [3.8, 4) is 5.75 Å². The molecule has 0 spiro atoms. The molecule has 2 rings (SSSR count). The van der Waals surface area contributed by atoms with Gasteiger partial charge in [0.1, 0.15) is 5.69 Å². The molecule has 0 fully saturated rings. The molecule has 0 unspecified atom stereocenters. The molecular formula is C20H19FN2O6. The Hall–Kier alpha value is -3.75. The van der Waals surface area contributed by atoms with Crippen molar-refractivity contribution < 1.29 is 28.4 Å². The van der Waals surface area contributed by atoms with Gasteiger partial charge in [-0.3, -0.25) is 14.9 Å². The highest BCUT2D eigenvalue weighted by atomic mass is 19.1. The molecule has 0 heterocycles. The van der Waals surface area contributed by atoms with Crippen molar-refractivity contribution in [1.29, 1.82) is 0 Å². The normalized spacial score (nSPS) is 10.6. The van der Waals surface area contributed by atoms with Gasteiger partial charge in [0.05, 0.1) is 12.0 Å². The number of anilines is 1. The average molecular weight is 402 g/mol. The van der Waals surface area contributed by atoms with E-state index in [4.69, 9.17) is 9.47 Å². The van der Waals surface area contributed by atoms with Crippen molar-refractivity contribution in [3.63, 3.8) is 0 Å². The van der Waals surface area contributed by atoms with Crippen LogP contribution in [0.1, 0.15) is 16.7 Å². The number of nitro groups is 1. The molecule has 9 heteroatoms. The van der Waals surface area contributed by atoms with E-state index in [1.165, 1.54) is 43.5 Å². The number of rotatable bonds is 7. The van der Waals surface area contributed by atoms with Gasteiger partial charge in [-0.15, -0.1) is 0 Å². The van der Waals surface area contributed by atoms with Crippen LogP contribution in [0.3, 0.4) is 0 Å². The van der Waals surface area contributed by atoms with Crippen LogP contribution in [0, 0.1) is 29.8 Å². The van der Waals surface area contributed by atoms with Crippen molar-refractivity contribution in [2.75, 3.05) is 19.0 Å². The Kier molecular flexibility index (Phi) is 7.02. The number of hydrogen-bond acceptors (Lipinski definition) is 6. The second kappa shape index (κ2) is 9.45. The summed E-state index contributed by atoms with van der Waals surface area (Å²) in [7, 11) is 1.34. The summed E-state index contributed by atoms with van der Waals surface area (Å²) in [5.74, 6) is -2.07. The standard InChI is InChI=1S/C20H19FN2O6/c1-12-8-16(17(23(26)27)9-13(12)2)22-19(24)11-29-20(25)7-5-14-4-6-18(28-3)15(21)10-14/h4-10H,11H2,1-3H3,(H,22,24)/b7-5+. The van der Waals surface area contributed by atoms with Crippen LogP contribution in [-0.2, 0) is 14.3 Å². The Bertz CT molecular complexity index is 987. The van der Waals surface area contributed by atoms with Crippen LogP contribution in [0.25, 0.3) is 6.08 Å². The summed E-state index contributed by atoms with van der Waals surface area (Å²) in [5, 5.41) is 13.5. The summed E-state index contributed by atoms with van der Waals surface area (Å²) < 4.78 is 23.2. The van der Waals surface area contributed by atoms with Crippen LogP contribution in [0.15, 0.2) is 36.4 Å². The van der Waals surface area contributed by atoms with Crippen molar-refractivity contribution in [3.05, 3.63) is 69.0 Å². The number of benzene rings is 2. The van der Waals surface area contributed by atoms with Crippen LogP contribution in [-0.4, -0.2) is 30.5 Å². The number of aryl methyl sites for hydroxylation is 2. The highest BCUT2D eigenvalue weighted by molar-refractivity contribution is 5.96. The fraction of sp³-hybridized carbons (Fsp3) is 0.200. The number of carbonyl (C=O) groups excluding carboxylic acids is 2. The minimum atomic E-state index is -0.828. The zero-order valence-electron chi connectivity index (χ0n) is 16.0. The van der Waals surface area contributed by atoms with Gasteiger partial charge in [-0.1, -0.05) is 6.07 Å². The Morgan fingerprint density at radius 2 is 1.90 bits per heavy atom. The topological polar surface area (TPSA) is 108 Å². The lowest BCUT2D eigenvalue weighted by molar-refractivity contribution is -0.384. The predicted octanol–water partition coefficient (Wildman–Crippen LogP) is 3.55. The molecule has 0 aliphatic heterocycles. The van der Waals surface area contributed by atoms with Gasteiger partial charge in [-0.2, -0.15) is 0 Å². The number of methoxy groups -OCH3 is 1. The maximum atomic E-state index is 13.6. The predicted molar refractivity (Wildman–Crippen MR) is 104 cm³/mol. The van der Waals surface area contributed by atoms with Gasteiger partial charge in [0.2, 0.25) is 0 Å². The first-order valence-electron chi connectivity index (χ1n) is 8.45. The van der Waals surface area contributed by atoms with Gasteiger partial charge in [-0.05, 0) is 54.8 Å². The summed E-state index contributed by atoms with van der Waals surface area (Å²) in [6.45, 7) is 2.84. The van der Waals surface area contributed by atoms with Crippen LogP contribution in [0.5, 0.6) is 5.75 Å². The third-order valence-electron chi connectivity index (χ3n) is 4.02. The van der Waals surface area contributed by atoms with E-state index in [9.17, 15) is 24.1 Å². The van der Waals surface area contributed by atoms with Crippen molar-refractivity contribution in [2.45, 2.75) is 13.8 Å². The SMILES string of the molecule is COc1ccc(/C=C/C(=O)OCC(=O)Nc2cc(C)c(C)cc2[N+](=O)[O-])cc1F. The summed E-state index contributed by atoms with van der Waals surface area (Å²) in [6.07, 6.45) is 2.35. The second-order valence-electron chi connectivity index (χ2n) is 6.09. The molecule has 0 radical (unpaired) electrons. The molecular weight excluding hydrogens is 383 g/mol. The first-order chi connectivity index (χ1) is 13.7.